The number of halogens is 3. The molecule has 2 aromatic rings. The fourth-order valence-corrected chi connectivity index (χ4v) is 2.64. The Labute approximate surface area is 172 Å². The quantitative estimate of drug-likeness (QED) is 0.543. The van der Waals surface area contributed by atoms with Crippen LogP contribution < -0.4 is 16.0 Å². The summed E-state index contributed by atoms with van der Waals surface area (Å²) in [6.07, 6.45) is -1.22. The second-order valence-electron chi connectivity index (χ2n) is 6.82. The minimum absolute atomic E-state index is 0.129. The largest absolute Gasteiger partial charge is 0.387 e. The van der Waals surface area contributed by atoms with Gasteiger partial charge in [0.15, 0.2) is 11.6 Å². The minimum Gasteiger partial charge on any atom is -0.387 e. The number of anilines is 1. The minimum atomic E-state index is -1.22. The Bertz CT molecular complexity index is 893. The lowest BCUT2D eigenvalue weighted by Crippen LogP contribution is -2.32. The van der Waals surface area contributed by atoms with Crippen LogP contribution in [0.2, 0.25) is 5.02 Å². The van der Waals surface area contributed by atoms with Crippen LogP contribution in [0.15, 0.2) is 36.4 Å². The number of carbonyl (C=O) groups is 2. The fourth-order valence-electron chi connectivity index (χ4n) is 2.37. The molecule has 0 saturated heterocycles. The first-order chi connectivity index (χ1) is 13.7. The first-order valence-corrected chi connectivity index (χ1v) is 9.30. The summed E-state index contributed by atoms with van der Waals surface area (Å²) < 4.78 is 26.1. The van der Waals surface area contributed by atoms with Crippen LogP contribution in [0.25, 0.3) is 0 Å². The predicted molar refractivity (Wildman–Crippen MR) is 107 cm³/mol. The molecule has 0 fully saturated rings. The number of hydrogen-bond acceptors (Lipinski definition) is 3. The molecular formula is C20H22ClF2N3O3. The summed E-state index contributed by atoms with van der Waals surface area (Å²) in [5.41, 5.74) is 0.756. The second kappa shape index (κ2) is 10.2. The first kappa shape index (κ1) is 22.6. The van der Waals surface area contributed by atoms with E-state index >= 15 is 0 Å². The van der Waals surface area contributed by atoms with Gasteiger partial charge in [-0.25, -0.2) is 13.6 Å². The molecule has 1 unspecified atom stereocenters. The van der Waals surface area contributed by atoms with Gasteiger partial charge in [-0.1, -0.05) is 31.5 Å². The highest BCUT2D eigenvalue weighted by molar-refractivity contribution is 6.34. The summed E-state index contributed by atoms with van der Waals surface area (Å²) in [6.45, 7) is 4.23. The average molecular weight is 426 g/mol. The van der Waals surface area contributed by atoms with Gasteiger partial charge in [-0.2, -0.15) is 0 Å². The normalized spacial score (nSPS) is 11.8. The van der Waals surface area contributed by atoms with E-state index in [1.165, 1.54) is 24.3 Å². The molecule has 0 aliphatic carbocycles. The summed E-state index contributed by atoms with van der Waals surface area (Å²) in [5.74, 6) is -2.12. The average Bonchev–Trinajstić information content (AvgIpc) is 2.66. The lowest BCUT2D eigenvalue weighted by molar-refractivity contribution is 0.0949. The highest BCUT2D eigenvalue weighted by atomic mass is 35.5. The third-order valence-corrected chi connectivity index (χ3v) is 4.24. The Morgan fingerprint density at radius 1 is 1.03 bits per heavy atom. The van der Waals surface area contributed by atoms with Crippen molar-refractivity contribution < 1.29 is 23.5 Å². The monoisotopic (exact) mass is 425 g/mol. The number of hydrogen-bond donors (Lipinski definition) is 4. The van der Waals surface area contributed by atoms with E-state index in [4.69, 9.17) is 11.6 Å². The Morgan fingerprint density at radius 3 is 2.38 bits per heavy atom. The molecule has 9 heteroatoms. The number of carbonyl (C=O) groups excluding carboxylic acids is 2. The fraction of sp³-hybridized carbons (Fsp3) is 0.300. The Hall–Kier alpha value is -2.71. The highest BCUT2D eigenvalue weighted by Gasteiger charge is 2.14. The Kier molecular flexibility index (Phi) is 7.92. The maximum atomic E-state index is 13.2. The van der Waals surface area contributed by atoms with E-state index in [2.05, 4.69) is 16.0 Å². The second-order valence-corrected chi connectivity index (χ2v) is 7.23. The van der Waals surface area contributed by atoms with Crippen LogP contribution >= 0.6 is 11.6 Å². The molecule has 0 aliphatic rings. The zero-order valence-electron chi connectivity index (χ0n) is 15.9. The molecule has 3 amide bonds. The van der Waals surface area contributed by atoms with Gasteiger partial charge in [0.05, 0.1) is 16.7 Å². The van der Waals surface area contributed by atoms with Crippen LogP contribution in [0, 0.1) is 17.6 Å². The first-order valence-electron chi connectivity index (χ1n) is 8.93. The van der Waals surface area contributed by atoms with Crippen molar-refractivity contribution in [1.29, 1.82) is 0 Å². The van der Waals surface area contributed by atoms with Crippen molar-refractivity contribution in [2.45, 2.75) is 20.0 Å². The maximum absolute atomic E-state index is 13.2. The van der Waals surface area contributed by atoms with Crippen molar-refractivity contribution in [2.75, 3.05) is 18.4 Å². The Morgan fingerprint density at radius 2 is 1.76 bits per heavy atom. The van der Waals surface area contributed by atoms with E-state index in [-0.39, 0.29) is 28.6 Å². The van der Waals surface area contributed by atoms with Crippen molar-refractivity contribution in [3.63, 3.8) is 0 Å². The summed E-state index contributed by atoms with van der Waals surface area (Å²) in [7, 11) is 0. The van der Waals surface area contributed by atoms with Gasteiger partial charge in [0.2, 0.25) is 0 Å². The summed E-state index contributed by atoms with van der Waals surface area (Å²) in [4.78, 5) is 24.1. The van der Waals surface area contributed by atoms with E-state index in [1.807, 2.05) is 13.8 Å². The molecule has 0 saturated carbocycles. The molecule has 29 heavy (non-hydrogen) atoms. The van der Waals surface area contributed by atoms with E-state index in [9.17, 15) is 23.5 Å². The van der Waals surface area contributed by atoms with Crippen LogP contribution in [0.3, 0.4) is 0 Å². The number of nitrogens with one attached hydrogen (secondary N) is 3. The van der Waals surface area contributed by atoms with Crippen LogP contribution in [-0.2, 0) is 0 Å². The molecule has 4 N–H and O–H groups in total. The van der Waals surface area contributed by atoms with Crippen LogP contribution in [0.5, 0.6) is 0 Å². The Balaban J connectivity index is 1.90. The smallest absolute Gasteiger partial charge is 0.319 e. The molecule has 6 nitrogen and oxygen atoms in total. The van der Waals surface area contributed by atoms with Crippen molar-refractivity contribution in [3.8, 4) is 0 Å². The molecule has 0 heterocycles. The molecule has 0 bridgehead atoms. The van der Waals surface area contributed by atoms with Gasteiger partial charge in [-0.05, 0) is 41.8 Å². The SMILES string of the molecule is CC(C)CNC(=O)c1ccc(NC(=O)NCC(O)c2ccc(F)c(F)c2)cc1Cl. The van der Waals surface area contributed by atoms with Crippen LogP contribution in [0.1, 0.15) is 35.9 Å². The molecule has 0 aliphatic heterocycles. The van der Waals surface area contributed by atoms with Crippen molar-refractivity contribution in [3.05, 3.63) is 64.2 Å². The number of aliphatic hydroxyl groups is 1. The lowest BCUT2D eigenvalue weighted by Gasteiger charge is -2.14. The van der Waals surface area contributed by atoms with Gasteiger partial charge in [0.1, 0.15) is 0 Å². The zero-order valence-corrected chi connectivity index (χ0v) is 16.7. The summed E-state index contributed by atoms with van der Waals surface area (Å²) in [6, 6.07) is 6.78. The molecule has 156 valence electrons. The van der Waals surface area contributed by atoms with Crippen LogP contribution in [0.4, 0.5) is 19.3 Å². The predicted octanol–water partition coefficient (Wildman–Crippen LogP) is 3.86. The van der Waals surface area contributed by atoms with Gasteiger partial charge in [0, 0.05) is 18.8 Å². The molecular weight excluding hydrogens is 404 g/mol. The van der Waals surface area contributed by atoms with Crippen molar-refractivity contribution >= 4 is 29.2 Å². The molecule has 0 spiro atoms. The van der Waals surface area contributed by atoms with Gasteiger partial charge < -0.3 is 21.1 Å². The third kappa shape index (κ3) is 6.69. The number of urea groups is 1. The van der Waals surface area contributed by atoms with E-state index in [0.717, 1.165) is 12.1 Å². The zero-order chi connectivity index (χ0) is 21.6. The topological polar surface area (TPSA) is 90.5 Å². The third-order valence-electron chi connectivity index (χ3n) is 3.93. The van der Waals surface area contributed by atoms with Gasteiger partial charge in [-0.15, -0.1) is 0 Å². The maximum Gasteiger partial charge on any atom is 0.319 e. The van der Waals surface area contributed by atoms with Crippen molar-refractivity contribution in [2.24, 2.45) is 5.92 Å². The van der Waals surface area contributed by atoms with Gasteiger partial charge in [-0.3, -0.25) is 4.79 Å². The standard InChI is InChI=1S/C20H22ClF2N3O3/c1-11(2)9-24-19(28)14-5-4-13(8-15(14)21)26-20(29)25-10-18(27)12-3-6-16(22)17(23)7-12/h3-8,11,18,27H,9-10H2,1-2H3,(H,24,28)(H2,25,26,29). The van der Waals surface area contributed by atoms with Gasteiger partial charge >= 0.3 is 6.03 Å². The number of benzene rings is 2. The molecule has 0 radical (unpaired) electrons. The van der Waals surface area contributed by atoms with Crippen molar-refractivity contribution in [1.82, 2.24) is 10.6 Å². The van der Waals surface area contributed by atoms with Crippen LogP contribution in [-0.4, -0.2) is 30.1 Å². The molecule has 2 aromatic carbocycles. The highest BCUT2D eigenvalue weighted by Crippen LogP contribution is 2.21. The van der Waals surface area contributed by atoms with E-state index in [0.29, 0.717) is 18.2 Å². The lowest BCUT2D eigenvalue weighted by atomic mass is 10.1. The number of rotatable bonds is 7. The van der Waals surface area contributed by atoms with E-state index < -0.39 is 23.8 Å². The molecule has 0 aromatic heterocycles. The molecule has 1 atom stereocenters. The number of amides is 3. The summed E-state index contributed by atoms with van der Waals surface area (Å²) in [5, 5.41) is 17.8. The number of aliphatic hydroxyl groups excluding tert-OH is 1. The molecule has 2 rings (SSSR count). The van der Waals surface area contributed by atoms with Gasteiger partial charge in [0.25, 0.3) is 5.91 Å². The van der Waals surface area contributed by atoms with E-state index in [1.54, 1.807) is 0 Å². The summed E-state index contributed by atoms with van der Waals surface area (Å²) >= 11 is 6.12.